The third kappa shape index (κ3) is 2.19. The lowest BCUT2D eigenvalue weighted by atomic mass is 10.1. The molecule has 0 radical (unpaired) electrons. The van der Waals surface area contributed by atoms with Gasteiger partial charge in [-0.3, -0.25) is 4.79 Å². The van der Waals surface area contributed by atoms with E-state index in [1.54, 1.807) is 12.1 Å². The van der Waals surface area contributed by atoms with Crippen LogP contribution in [0.2, 0.25) is 0 Å². The maximum Gasteiger partial charge on any atom is 0.151 e. The van der Waals surface area contributed by atoms with Gasteiger partial charge in [0, 0.05) is 14.7 Å². The van der Waals surface area contributed by atoms with Gasteiger partial charge in [-0.25, -0.2) is 0 Å². The van der Waals surface area contributed by atoms with Gasteiger partial charge in [-0.15, -0.1) is 0 Å². The van der Waals surface area contributed by atoms with Crippen LogP contribution < -0.4 is 4.74 Å². The lowest BCUT2D eigenvalue weighted by Gasteiger charge is -2.07. The van der Waals surface area contributed by atoms with Crippen molar-refractivity contribution in [3.05, 3.63) is 26.8 Å². The minimum atomic E-state index is -0.124. The summed E-state index contributed by atoms with van der Waals surface area (Å²) in [5.74, 6) is 0.609. The Labute approximate surface area is 89.9 Å². The number of rotatable bonds is 3. The first kappa shape index (κ1) is 10.5. The van der Waals surface area contributed by atoms with Crippen LogP contribution in [0.4, 0.5) is 0 Å². The van der Waals surface area contributed by atoms with E-state index < -0.39 is 0 Å². The molecule has 0 aliphatic rings. The van der Waals surface area contributed by atoms with Crippen LogP contribution in [0, 0.1) is 3.57 Å². The number of methoxy groups -OCH3 is 1. The van der Waals surface area contributed by atoms with Crippen molar-refractivity contribution in [1.29, 1.82) is 0 Å². The average molecular weight is 292 g/mol. The van der Waals surface area contributed by atoms with E-state index in [1.807, 2.05) is 22.6 Å². The number of ether oxygens (including phenoxy) is 1. The third-order valence-corrected chi connectivity index (χ3v) is 2.63. The standard InChI is InChI=1S/C9H9IO3/c1-13-9-3-8(10)6(4-11)2-7(9)5-12/h2-4,12H,5H2,1H3. The molecule has 13 heavy (non-hydrogen) atoms. The number of hydrogen-bond donors (Lipinski definition) is 1. The minimum Gasteiger partial charge on any atom is -0.496 e. The molecule has 3 nitrogen and oxygen atoms in total. The van der Waals surface area contributed by atoms with E-state index in [2.05, 4.69) is 0 Å². The van der Waals surface area contributed by atoms with Crippen LogP contribution in [0.25, 0.3) is 0 Å². The van der Waals surface area contributed by atoms with Gasteiger partial charge in [0.25, 0.3) is 0 Å². The molecule has 0 fully saturated rings. The van der Waals surface area contributed by atoms with Crippen molar-refractivity contribution in [2.45, 2.75) is 6.61 Å². The molecule has 1 aromatic carbocycles. The average Bonchev–Trinajstić information content (AvgIpc) is 2.17. The number of halogens is 1. The number of aliphatic hydroxyl groups excluding tert-OH is 1. The molecule has 1 rings (SSSR count). The second-order valence-corrected chi connectivity index (χ2v) is 3.62. The monoisotopic (exact) mass is 292 g/mol. The van der Waals surface area contributed by atoms with Gasteiger partial charge in [-0.05, 0) is 34.7 Å². The summed E-state index contributed by atoms with van der Waals surface area (Å²) in [6, 6.07) is 3.36. The number of carbonyl (C=O) groups is 1. The maximum atomic E-state index is 10.6. The normalized spacial score (nSPS) is 9.77. The Morgan fingerprint density at radius 3 is 2.77 bits per heavy atom. The summed E-state index contributed by atoms with van der Waals surface area (Å²) in [6.07, 6.45) is 0.764. The molecule has 0 aliphatic heterocycles. The highest BCUT2D eigenvalue weighted by molar-refractivity contribution is 14.1. The summed E-state index contributed by atoms with van der Waals surface area (Å²) in [5, 5.41) is 8.96. The highest BCUT2D eigenvalue weighted by atomic mass is 127. The Kier molecular flexibility index (Phi) is 3.68. The zero-order chi connectivity index (χ0) is 9.84. The fourth-order valence-corrected chi connectivity index (χ4v) is 1.59. The van der Waals surface area contributed by atoms with Gasteiger partial charge in [0.2, 0.25) is 0 Å². The molecule has 1 N–H and O–H groups in total. The van der Waals surface area contributed by atoms with Gasteiger partial charge in [-0.1, -0.05) is 0 Å². The van der Waals surface area contributed by atoms with Crippen LogP contribution >= 0.6 is 22.6 Å². The van der Waals surface area contributed by atoms with Crippen molar-refractivity contribution in [2.24, 2.45) is 0 Å². The number of aliphatic hydroxyl groups is 1. The summed E-state index contributed by atoms with van der Waals surface area (Å²) in [4.78, 5) is 10.6. The largest absolute Gasteiger partial charge is 0.496 e. The Balaban J connectivity index is 3.26. The van der Waals surface area contributed by atoms with Gasteiger partial charge in [0.05, 0.1) is 13.7 Å². The number of hydrogen-bond acceptors (Lipinski definition) is 3. The zero-order valence-corrected chi connectivity index (χ0v) is 9.24. The molecule has 0 aliphatic carbocycles. The first-order valence-corrected chi connectivity index (χ1v) is 4.73. The van der Waals surface area contributed by atoms with E-state index in [0.717, 1.165) is 9.86 Å². The molecule has 0 amide bonds. The molecule has 0 saturated heterocycles. The minimum absolute atomic E-state index is 0.124. The quantitative estimate of drug-likeness (QED) is 0.680. The van der Waals surface area contributed by atoms with Crippen molar-refractivity contribution >= 4 is 28.9 Å². The fraction of sp³-hybridized carbons (Fsp3) is 0.222. The van der Waals surface area contributed by atoms with Crippen molar-refractivity contribution in [1.82, 2.24) is 0 Å². The topological polar surface area (TPSA) is 46.5 Å². The van der Waals surface area contributed by atoms with Crippen LogP contribution in [0.15, 0.2) is 12.1 Å². The van der Waals surface area contributed by atoms with Crippen molar-refractivity contribution in [3.63, 3.8) is 0 Å². The summed E-state index contributed by atoms with van der Waals surface area (Å²) in [5.41, 5.74) is 1.20. The van der Waals surface area contributed by atoms with Gasteiger partial charge >= 0.3 is 0 Å². The van der Waals surface area contributed by atoms with Crippen LogP contribution in [0.1, 0.15) is 15.9 Å². The van der Waals surface area contributed by atoms with Gasteiger partial charge in [0.15, 0.2) is 6.29 Å². The molecule has 0 bridgehead atoms. The van der Waals surface area contributed by atoms with Crippen LogP contribution in [0.3, 0.4) is 0 Å². The van der Waals surface area contributed by atoms with Crippen LogP contribution in [0.5, 0.6) is 5.75 Å². The Bertz CT molecular complexity index is 323. The molecule has 0 spiro atoms. The molecule has 0 saturated carbocycles. The fourth-order valence-electron chi connectivity index (χ4n) is 1.02. The zero-order valence-electron chi connectivity index (χ0n) is 7.08. The lowest BCUT2D eigenvalue weighted by molar-refractivity contribution is 0.112. The van der Waals surface area contributed by atoms with Crippen LogP contribution in [-0.2, 0) is 6.61 Å². The SMILES string of the molecule is COc1cc(I)c(C=O)cc1CO. The van der Waals surface area contributed by atoms with E-state index in [9.17, 15) is 4.79 Å². The van der Waals surface area contributed by atoms with Crippen molar-refractivity contribution in [2.75, 3.05) is 7.11 Å². The predicted octanol–water partition coefficient (Wildman–Crippen LogP) is 1.60. The molecule has 0 unspecified atom stereocenters. The highest BCUT2D eigenvalue weighted by Gasteiger charge is 2.06. The molecule has 0 aromatic heterocycles. The predicted molar refractivity (Wildman–Crippen MR) is 57.0 cm³/mol. The molecule has 0 atom stereocenters. The van der Waals surface area contributed by atoms with Crippen LogP contribution in [-0.4, -0.2) is 18.5 Å². The van der Waals surface area contributed by atoms with Gasteiger partial charge in [0.1, 0.15) is 5.75 Å². The molecule has 4 heteroatoms. The first-order chi connectivity index (χ1) is 6.22. The highest BCUT2D eigenvalue weighted by Crippen LogP contribution is 2.23. The van der Waals surface area contributed by atoms with E-state index in [0.29, 0.717) is 16.9 Å². The Morgan fingerprint density at radius 2 is 2.31 bits per heavy atom. The van der Waals surface area contributed by atoms with Crippen molar-refractivity contribution in [3.8, 4) is 5.75 Å². The smallest absolute Gasteiger partial charge is 0.151 e. The second-order valence-electron chi connectivity index (χ2n) is 2.46. The third-order valence-electron chi connectivity index (χ3n) is 1.70. The van der Waals surface area contributed by atoms with E-state index in [4.69, 9.17) is 9.84 Å². The lowest BCUT2D eigenvalue weighted by Crippen LogP contribution is -1.96. The van der Waals surface area contributed by atoms with E-state index >= 15 is 0 Å². The van der Waals surface area contributed by atoms with Crippen molar-refractivity contribution < 1.29 is 14.6 Å². The molecular weight excluding hydrogens is 283 g/mol. The maximum absolute atomic E-state index is 10.6. The van der Waals surface area contributed by atoms with Gasteiger partial charge < -0.3 is 9.84 Å². The molecule has 0 heterocycles. The molecule has 1 aromatic rings. The number of benzene rings is 1. The first-order valence-electron chi connectivity index (χ1n) is 3.65. The number of aldehydes is 1. The summed E-state index contributed by atoms with van der Waals surface area (Å²) in [6.45, 7) is -0.124. The Morgan fingerprint density at radius 1 is 1.62 bits per heavy atom. The molecular formula is C9H9IO3. The molecule has 70 valence electrons. The number of carbonyl (C=O) groups excluding carboxylic acids is 1. The van der Waals surface area contributed by atoms with Gasteiger partial charge in [-0.2, -0.15) is 0 Å². The summed E-state index contributed by atoms with van der Waals surface area (Å²) < 4.78 is 5.86. The Hall–Kier alpha value is -0.620. The van der Waals surface area contributed by atoms with E-state index in [1.165, 1.54) is 7.11 Å². The van der Waals surface area contributed by atoms with E-state index in [-0.39, 0.29) is 6.61 Å². The second kappa shape index (κ2) is 4.57. The summed E-state index contributed by atoms with van der Waals surface area (Å²) in [7, 11) is 1.53. The summed E-state index contributed by atoms with van der Waals surface area (Å²) >= 11 is 2.05.